The molecule has 4 heteroatoms. The lowest BCUT2D eigenvalue weighted by Gasteiger charge is -2.34. The maximum Gasteiger partial charge on any atom is 0.307 e. The minimum Gasteiger partial charge on any atom is -0.481 e. The standard InChI is InChI=1S/C14H23NO3/c1-4-9-15(10(2)3)13(16)11-7-5-6-8-12(11)14(17)18/h4,10-12H,1,5-9H2,2-3H3,(H,17,18)/t11-,12+/m1/s1. The van der Waals surface area contributed by atoms with Crippen LogP contribution in [0.5, 0.6) is 0 Å². The van der Waals surface area contributed by atoms with Gasteiger partial charge >= 0.3 is 5.97 Å². The van der Waals surface area contributed by atoms with Crippen molar-refractivity contribution in [2.24, 2.45) is 11.8 Å². The third-order valence-corrected chi connectivity index (χ3v) is 3.63. The molecule has 2 atom stereocenters. The summed E-state index contributed by atoms with van der Waals surface area (Å²) in [7, 11) is 0. The molecule has 1 N–H and O–H groups in total. The molecule has 18 heavy (non-hydrogen) atoms. The molecule has 0 spiro atoms. The number of carbonyl (C=O) groups is 2. The largest absolute Gasteiger partial charge is 0.481 e. The van der Waals surface area contributed by atoms with Gasteiger partial charge in [-0.25, -0.2) is 0 Å². The van der Waals surface area contributed by atoms with E-state index in [4.69, 9.17) is 0 Å². The summed E-state index contributed by atoms with van der Waals surface area (Å²) in [4.78, 5) is 25.4. The van der Waals surface area contributed by atoms with Gasteiger partial charge in [-0.05, 0) is 26.7 Å². The number of amides is 1. The quantitative estimate of drug-likeness (QED) is 0.765. The summed E-state index contributed by atoms with van der Waals surface area (Å²) in [6.07, 6.45) is 4.85. The summed E-state index contributed by atoms with van der Waals surface area (Å²) in [6, 6.07) is 0.0758. The van der Waals surface area contributed by atoms with E-state index in [1.807, 2.05) is 13.8 Å². The smallest absolute Gasteiger partial charge is 0.307 e. The number of carboxylic acids is 1. The van der Waals surface area contributed by atoms with Crippen molar-refractivity contribution in [3.05, 3.63) is 12.7 Å². The van der Waals surface area contributed by atoms with Gasteiger partial charge in [0, 0.05) is 12.6 Å². The Kier molecular flexibility index (Phi) is 5.38. The van der Waals surface area contributed by atoms with Crippen LogP contribution in [-0.4, -0.2) is 34.5 Å². The lowest BCUT2D eigenvalue weighted by molar-refractivity contribution is -0.152. The number of hydrogen-bond acceptors (Lipinski definition) is 2. The lowest BCUT2D eigenvalue weighted by Crippen LogP contribution is -2.45. The molecular weight excluding hydrogens is 230 g/mol. The molecule has 1 saturated carbocycles. The van der Waals surface area contributed by atoms with Crippen molar-refractivity contribution in [1.82, 2.24) is 4.90 Å². The van der Waals surface area contributed by atoms with Gasteiger partial charge in [0.1, 0.15) is 0 Å². The van der Waals surface area contributed by atoms with Crippen LogP contribution in [0, 0.1) is 11.8 Å². The molecule has 0 aliphatic heterocycles. The van der Waals surface area contributed by atoms with E-state index in [-0.39, 0.29) is 17.9 Å². The zero-order valence-electron chi connectivity index (χ0n) is 11.3. The molecule has 0 saturated heterocycles. The highest BCUT2D eigenvalue weighted by molar-refractivity contribution is 5.85. The summed E-state index contributed by atoms with van der Waals surface area (Å²) in [6.45, 7) is 8.03. The first-order valence-corrected chi connectivity index (χ1v) is 6.63. The minimum atomic E-state index is -0.838. The normalized spacial score (nSPS) is 23.7. The van der Waals surface area contributed by atoms with Gasteiger partial charge in [-0.2, -0.15) is 0 Å². The molecule has 1 fully saturated rings. The van der Waals surface area contributed by atoms with Crippen molar-refractivity contribution >= 4 is 11.9 Å². The highest BCUT2D eigenvalue weighted by Crippen LogP contribution is 2.32. The number of carbonyl (C=O) groups excluding carboxylic acids is 1. The van der Waals surface area contributed by atoms with Gasteiger partial charge in [-0.1, -0.05) is 18.9 Å². The Bertz CT molecular complexity index is 325. The molecule has 0 bridgehead atoms. The molecular formula is C14H23NO3. The highest BCUT2D eigenvalue weighted by atomic mass is 16.4. The predicted octanol–water partition coefficient (Wildman–Crippen LogP) is 2.30. The second kappa shape index (κ2) is 6.57. The second-order valence-electron chi connectivity index (χ2n) is 5.21. The third kappa shape index (κ3) is 3.34. The SMILES string of the molecule is C=CCN(C(=O)[C@@H]1CCCC[C@@H]1C(=O)O)C(C)C. The maximum atomic E-state index is 12.5. The van der Waals surface area contributed by atoms with E-state index in [0.29, 0.717) is 19.4 Å². The summed E-state index contributed by atoms with van der Waals surface area (Å²) in [5.41, 5.74) is 0. The van der Waals surface area contributed by atoms with E-state index in [2.05, 4.69) is 6.58 Å². The third-order valence-electron chi connectivity index (χ3n) is 3.63. The monoisotopic (exact) mass is 253 g/mol. The second-order valence-corrected chi connectivity index (χ2v) is 5.21. The summed E-state index contributed by atoms with van der Waals surface area (Å²) >= 11 is 0. The first-order chi connectivity index (χ1) is 8.49. The van der Waals surface area contributed by atoms with Crippen molar-refractivity contribution in [3.8, 4) is 0 Å². The van der Waals surface area contributed by atoms with E-state index in [0.717, 1.165) is 12.8 Å². The fourth-order valence-electron chi connectivity index (χ4n) is 2.63. The number of hydrogen-bond donors (Lipinski definition) is 1. The molecule has 0 heterocycles. The van der Waals surface area contributed by atoms with Gasteiger partial charge in [0.15, 0.2) is 0 Å². The van der Waals surface area contributed by atoms with Crippen LogP contribution < -0.4 is 0 Å². The summed E-state index contributed by atoms with van der Waals surface area (Å²) < 4.78 is 0. The molecule has 1 rings (SSSR count). The average molecular weight is 253 g/mol. The molecule has 0 aromatic heterocycles. The first kappa shape index (κ1) is 14.7. The van der Waals surface area contributed by atoms with E-state index >= 15 is 0 Å². The summed E-state index contributed by atoms with van der Waals surface area (Å²) in [5.74, 6) is -1.75. The van der Waals surface area contributed by atoms with E-state index in [1.165, 1.54) is 0 Å². The van der Waals surface area contributed by atoms with Crippen molar-refractivity contribution in [1.29, 1.82) is 0 Å². The molecule has 4 nitrogen and oxygen atoms in total. The van der Waals surface area contributed by atoms with Gasteiger partial charge in [0.2, 0.25) is 5.91 Å². The van der Waals surface area contributed by atoms with Gasteiger partial charge in [-0.3, -0.25) is 9.59 Å². The molecule has 0 aromatic carbocycles. The van der Waals surface area contributed by atoms with Crippen molar-refractivity contribution in [2.75, 3.05) is 6.54 Å². The number of rotatable bonds is 5. The zero-order valence-corrected chi connectivity index (χ0v) is 11.3. The molecule has 0 radical (unpaired) electrons. The van der Waals surface area contributed by atoms with E-state index in [1.54, 1.807) is 11.0 Å². The number of aliphatic carboxylic acids is 1. The Morgan fingerprint density at radius 2 is 1.89 bits per heavy atom. The van der Waals surface area contributed by atoms with Crippen LogP contribution in [0.4, 0.5) is 0 Å². The highest BCUT2D eigenvalue weighted by Gasteiger charge is 2.38. The van der Waals surface area contributed by atoms with Crippen LogP contribution in [-0.2, 0) is 9.59 Å². The Labute approximate surface area is 109 Å². The summed E-state index contributed by atoms with van der Waals surface area (Å²) in [5, 5.41) is 9.22. The van der Waals surface area contributed by atoms with Crippen LogP contribution >= 0.6 is 0 Å². The van der Waals surface area contributed by atoms with Crippen LogP contribution in [0.25, 0.3) is 0 Å². The van der Waals surface area contributed by atoms with Crippen LogP contribution in [0.1, 0.15) is 39.5 Å². The van der Waals surface area contributed by atoms with Gasteiger partial charge in [-0.15, -0.1) is 6.58 Å². The van der Waals surface area contributed by atoms with Crippen LogP contribution in [0.15, 0.2) is 12.7 Å². The zero-order chi connectivity index (χ0) is 13.7. The van der Waals surface area contributed by atoms with Crippen LogP contribution in [0.3, 0.4) is 0 Å². The number of carboxylic acid groups (broad SMARTS) is 1. The van der Waals surface area contributed by atoms with Gasteiger partial charge in [0.05, 0.1) is 11.8 Å². The Balaban J connectivity index is 2.83. The van der Waals surface area contributed by atoms with Gasteiger partial charge < -0.3 is 10.0 Å². The fraction of sp³-hybridized carbons (Fsp3) is 0.714. The maximum absolute atomic E-state index is 12.5. The van der Waals surface area contributed by atoms with Gasteiger partial charge in [0.25, 0.3) is 0 Å². The first-order valence-electron chi connectivity index (χ1n) is 6.63. The van der Waals surface area contributed by atoms with E-state index < -0.39 is 11.9 Å². The topological polar surface area (TPSA) is 57.6 Å². The van der Waals surface area contributed by atoms with Crippen LogP contribution in [0.2, 0.25) is 0 Å². The van der Waals surface area contributed by atoms with Crippen molar-refractivity contribution in [2.45, 2.75) is 45.6 Å². The molecule has 1 amide bonds. The molecule has 0 unspecified atom stereocenters. The van der Waals surface area contributed by atoms with E-state index in [9.17, 15) is 14.7 Å². The van der Waals surface area contributed by atoms with Crippen molar-refractivity contribution < 1.29 is 14.7 Å². The molecule has 0 aromatic rings. The van der Waals surface area contributed by atoms with Crippen molar-refractivity contribution in [3.63, 3.8) is 0 Å². The average Bonchev–Trinajstić information content (AvgIpc) is 2.34. The minimum absolute atomic E-state index is 0.0306. The Morgan fingerprint density at radius 3 is 2.33 bits per heavy atom. The Hall–Kier alpha value is -1.32. The molecule has 1 aliphatic rings. The fourth-order valence-corrected chi connectivity index (χ4v) is 2.63. The molecule has 102 valence electrons. The molecule has 1 aliphatic carbocycles. The Morgan fingerprint density at radius 1 is 1.33 bits per heavy atom. The predicted molar refractivity (Wildman–Crippen MR) is 70.1 cm³/mol. The lowest BCUT2D eigenvalue weighted by atomic mass is 9.78. The number of nitrogens with zero attached hydrogens (tertiary/aromatic N) is 1.